The van der Waals surface area contributed by atoms with Crippen molar-refractivity contribution in [3.63, 3.8) is 0 Å². The number of hydrogen-bond acceptors (Lipinski definition) is 4. The maximum absolute atomic E-state index is 10.7. The van der Waals surface area contributed by atoms with Gasteiger partial charge in [0.1, 0.15) is 0 Å². The van der Waals surface area contributed by atoms with Gasteiger partial charge in [-0.15, -0.1) is 0 Å². The molecule has 50 valence electrons. The van der Waals surface area contributed by atoms with Crippen LogP contribution in [0.1, 0.15) is 6.92 Å². The van der Waals surface area contributed by atoms with E-state index in [2.05, 4.69) is 10.4 Å². The molecule has 0 aliphatic carbocycles. The lowest BCUT2D eigenvalue weighted by Crippen LogP contribution is -2.23. The third kappa shape index (κ3) is 1.16. The Morgan fingerprint density at radius 3 is 2.78 bits per heavy atom. The van der Waals surface area contributed by atoms with Crippen LogP contribution in [0.4, 0.5) is 0 Å². The molecular weight excluding hydrogens is 138 g/mol. The monoisotopic (exact) mass is 145 g/mol. The number of hydrogen-bond donors (Lipinski definition) is 2. The Kier molecular flexibility index (Phi) is 1.61. The van der Waals surface area contributed by atoms with Gasteiger partial charge in [-0.3, -0.25) is 4.79 Å². The summed E-state index contributed by atoms with van der Waals surface area (Å²) in [5.41, 5.74) is 0. The molecule has 1 atom stereocenters. The molecule has 4 nitrogen and oxygen atoms in total. The minimum Gasteiger partial charge on any atom is -0.321 e. The van der Waals surface area contributed by atoms with Crippen molar-refractivity contribution in [1.29, 1.82) is 0 Å². The van der Waals surface area contributed by atoms with Crippen LogP contribution in [-0.4, -0.2) is 16.3 Å². The number of hydrazone groups is 1. The molecule has 0 aromatic heterocycles. The molecule has 3 N–H and O–H groups in total. The van der Waals surface area contributed by atoms with Gasteiger partial charge >= 0.3 is 0 Å². The molecule has 0 bridgehead atoms. The highest BCUT2D eigenvalue weighted by Gasteiger charge is 2.25. The van der Waals surface area contributed by atoms with Crippen LogP contribution in [0.3, 0.4) is 0 Å². The van der Waals surface area contributed by atoms with Crippen LogP contribution in [-0.2, 0) is 4.79 Å². The lowest BCUT2D eigenvalue weighted by Gasteiger charge is -1.87. The summed E-state index contributed by atoms with van der Waals surface area (Å²) in [7, 11) is 0. The second kappa shape index (κ2) is 2.26. The van der Waals surface area contributed by atoms with Gasteiger partial charge in [-0.25, -0.2) is 0 Å². The van der Waals surface area contributed by atoms with Crippen molar-refractivity contribution in [2.45, 2.75) is 12.2 Å². The van der Waals surface area contributed by atoms with Crippen LogP contribution in [0.5, 0.6) is 0 Å². The van der Waals surface area contributed by atoms with E-state index in [4.69, 9.17) is 5.84 Å². The Hall–Kier alpha value is -0.710. The fraction of sp³-hybridized carbons (Fsp3) is 0.500. The largest absolute Gasteiger partial charge is 0.321 e. The highest BCUT2D eigenvalue weighted by atomic mass is 32.2. The number of rotatable bonds is 0. The van der Waals surface area contributed by atoms with Crippen LogP contribution in [0.25, 0.3) is 0 Å². The molecule has 0 spiro atoms. The lowest BCUT2D eigenvalue weighted by atomic mass is 10.4. The van der Waals surface area contributed by atoms with Crippen LogP contribution >= 0.6 is 11.8 Å². The van der Waals surface area contributed by atoms with Gasteiger partial charge in [0, 0.05) is 0 Å². The van der Waals surface area contributed by atoms with Gasteiger partial charge in [0.2, 0.25) is 5.91 Å². The number of thioether (sulfide) groups is 1. The molecule has 1 amide bonds. The fourth-order valence-corrected chi connectivity index (χ4v) is 1.24. The number of nitrogens with two attached hydrogens (primary N) is 1. The number of carbonyl (C=O) groups excluding carboxylic acids is 1. The minimum atomic E-state index is -0.0488. The molecule has 1 rings (SSSR count). The van der Waals surface area contributed by atoms with E-state index in [0.29, 0.717) is 5.17 Å². The zero-order valence-corrected chi connectivity index (χ0v) is 5.73. The molecule has 1 heterocycles. The fourth-order valence-electron chi connectivity index (χ4n) is 0.520. The van der Waals surface area contributed by atoms with Gasteiger partial charge in [-0.2, -0.15) is 5.10 Å². The summed E-state index contributed by atoms with van der Waals surface area (Å²) in [6.45, 7) is 1.80. The van der Waals surface area contributed by atoms with Crippen molar-refractivity contribution in [3.05, 3.63) is 0 Å². The molecule has 9 heavy (non-hydrogen) atoms. The van der Waals surface area contributed by atoms with Crippen molar-refractivity contribution in [2.24, 2.45) is 10.9 Å². The number of nitrogens with zero attached hydrogens (tertiary/aromatic N) is 1. The van der Waals surface area contributed by atoms with Crippen molar-refractivity contribution in [2.75, 3.05) is 0 Å². The minimum absolute atomic E-state index is 0.0239. The quantitative estimate of drug-likeness (QED) is 0.355. The van der Waals surface area contributed by atoms with Crippen LogP contribution < -0.4 is 11.2 Å². The van der Waals surface area contributed by atoms with Crippen LogP contribution in [0.2, 0.25) is 0 Å². The SMILES string of the molecule is C[C@@H]1S/C(=N\N)NC1=O. The summed E-state index contributed by atoms with van der Waals surface area (Å²) in [4.78, 5) is 10.7. The molecule has 1 aliphatic rings. The molecule has 0 aromatic rings. The van der Waals surface area contributed by atoms with E-state index in [0.717, 1.165) is 0 Å². The van der Waals surface area contributed by atoms with E-state index in [1.54, 1.807) is 6.92 Å². The van der Waals surface area contributed by atoms with E-state index in [1.807, 2.05) is 0 Å². The van der Waals surface area contributed by atoms with Crippen LogP contribution in [0, 0.1) is 0 Å². The summed E-state index contributed by atoms with van der Waals surface area (Å²) in [6.07, 6.45) is 0. The third-order valence-electron chi connectivity index (χ3n) is 1.01. The van der Waals surface area contributed by atoms with Crippen molar-refractivity contribution in [1.82, 2.24) is 5.32 Å². The number of nitrogens with one attached hydrogen (secondary N) is 1. The highest BCUT2D eigenvalue weighted by molar-refractivity contribution is 8.15. The predicted molar refractivity (Wildman–Crippen MR) is 36.8 cm³/mol. The first-order valence-corrected chi connectivity index (χ1v) is 3.37. The molecule has 0 aromatic carbocycles. The number of amidine groups is 1. The van der Waals surface area contributed by atoms with Gasteiger partial charge in [0.05, 0.1) is 5.25 Å². The molecule has 0 unspecified atom stereocenters. The lowest BCUT2D eigenvalue weighted by molar-refractivity contribution is -0.118. The van der Waals surface area contributed by atoms with Crippen molar-refractivity contribution >= 4 is 22.8 Å². The summed E-state index contributed by atoms with van der Waals surface area (Å²) in [6, 6.07) is 0. The molecule has 1 fully saturated rings. The Balaban J connectivity index is 2.65. The maximum atomic E-state index is 10.7. The average Bonchev–Trinajstić information content (AvgIpc) is 2.13. The summed E-state index contributed by atoms with van der Waals surface area (Å²) >= 11 is 1.34. The Labute approximate surface area is 56.9 Å². The van der Waals surface area contributed by atoms with E-state index in [9.17, 15) is 4.79 Å². The Morgan fingerprint density at radius 2 is 2.56 bits per heavy atom. The van der Waals surface area contributed by atoms with E-state index >= 15 is 0 Å². The first kappa shape index (κ1) is 6.41. The van der Waals surface area contributed by atoms with Gasteiger partial charge in [-0.1, -0.05) is 11.8 Å². The highest BCUT2D eigenvalue weighted by Crippen LogP contribution is 2.16. The third-order valence-corrected chi connectivity index (χ3v) is 2.00. The predicted octanol–water partition coefficient (Wildman–Crippen LogP) is -0.532. The normalized spacial score (nSPS) is 31.0. The average molecular weight is 145 g/mol. The van der Waals surface area contributed by atoms with Gasteiger partial charge < -0.3 is 11.2 Å². The second-order valence-electron chi connectivity index (χ2n) is 1.68. The topological polar surface area (TPSA) is 67.5 Å². The zero-order valence-electron chi connectivity index (χ0n) is 4.92. The van der Waals surface area contributed by atoms with Crippen LogP contribution in [0.15, 0.2) is 5.10 Å². The smallest absolute Gasteiger partial charge is 0.239 e. The molecular formula is C4H7N3OS. The zero-order chi connectivity index (χ0) is 6.85. The van der Waals surface area contributed by atoms with Crippen molar-refractivity contribution < 1.29 is 4.79 Å². The van der Waals surface area contributed by atoms with E-state index in [-0.39, 0.29) is 11.2 Å². The molecule has 1 saturated heterocycles. The first-order valence-electron chi connectivity index (χ1n) is 2.49. The first-order chi connectivity index (χ1) is 4.24. The second-order valence-corrected chi connectivity index (χ2v) is 3.01. The molecule has 0 radical (unpaired) electrons. The summed E-state index contributed by atoms with van der Waals surface area (Å²) < 4.78 is 0. The number of amides is 1. The van der Waals surface area contributed by atoms with Gasteiger partial charge in [0.15, 0.2) is 5.17 Å². The standard InChI is InChI=1S/C4H7N3OS/c1-2-3(8)6-4(7-5)9-2/h2H,5H2,1H3,(H,6,7,8)/t2-/m0/s1. The van der Waals surface area contributed by atoms with E-state index < -0.39 is 0 Å². The Morgan fingerprint density at radius 1 is 1.89 bits per heavy atom. The maximum Gasteiger partial charge on any atom is 0.239 e. The van der Waals surface area contributed by atoms with Crippen molar-refractivity contribution in [3.8, 4) is 0 Å². The molecule has 5 heteroatoms. The summed E-state index contributed by atoms with van der Waals surface area (Å²) in [5, 5.41) is 6.30. The van der Waals surface area contributed by atoms with Gasteiger partial charge in [0.25, 0.3) is 0 Å². The Bertz CT molecular complexity index is 167. The summed E-state index contributed by atoms with van der Waals surface area (Å²) in [5.74, 6) is 4.89. The molecule has 1 aliphatic heterocycles. The number of carbonyl (C=O) groups is 1. The van der Waals surface area contributed by atoms with Gasteiger partial charge in [-0.05, 0) is 6.92 Å². The van der Waals surface area contributed by atoms with E-state index in [1.165, 1.54) is 11.8 Å². The molecule has 0 saturated carbocycles.